The zero-order valence-corrected chi connectivity index (χ0v) is 14.5. The monoisotopic (exact) mass is 347 g/mol. The van der Waals surface area contributed by atoms with Crippen molar-refractivity contribution in [3.63, 3.8) is 0 Å². The molecule has 7 heteroatoms. The van der Waals surface area contributed by atoms with Crippen molar-refractivity contribution < 1.29 is 5.11 Å². The van der Waals surface area contributed by atoms with Crippen molar-refractivity contribution >= 4 is 11.6 Å². The summed E-state index contributed by atoms with van der Waals surface area (Å²) in [6.45, 7) is 4.26. The topological polar surface area (TPSA) is 57.4 Å². The Bertz CT molecular complexity index is 716. The number of rotatable bonds is 3. The Hall–Kier alpha value is -1.47. The normalized spacial score (nSPS) is 25.1. The molecule has 1 N–H and O–H groups in total. The van der Waals surface area contributed by atoms with Crippen LogP contribution in [0.1, 0.15) is 29.7 Å². The standard InChI is InChI=1S/C17H22ClN5O/c1-21-10-14(24)8-15(21)17-20-19-16-11-22(6-7-23(16)17)9-12-2-4-13(18)5-3-12/h2-5,14-15,24H,6-11H2,1H3/t14-,15+/m1/s1. The quantitative estimate of drug-likeness (QED) is 0.915. The summed E-state index contributed by atoms with van der Waals surface area (Å²) < 4.78 is 2.23. The number of nitrogens with zero attached hydrogens (tertiary/aromatic N) is 5. The molecular weight excluding hydrogens is 326 g/mol. The van der Waals surface area contributed by atoms with Crippen LogP contribution in [0.3, 0.4) is 0 Å². The van der Waals surface area contributed by atoms with E-state index in [2.05, 4.69) is 36.7 Å². The number of halogens is 1. The van der Waals surface area contributed by atoms with Gasteiger partial charge in [0, 0.05) is 31.2 Å². The number of aliphatic hydroxyl groups excluding tert-OH is 1. The highest BCUT2D eigenvalue weighted by Crippen LogP contribution is 2.31. The molecule has 24 heavy (non-hydrogen) atoms. The van der Waals surface area contributed by atoms with Crippen LogP contribution in [-0.2, 0) is 19.6 Å². The summed E-state index contributed by atoms with van der Waals surface area (Å²) >= 11 is 5.95. The van der Waals surface area contributed by atoms with Gasteiger partial charge in [-0.3, -0.25) is 9.80 Å². The number of likely N-dealkylation sites (N-methyl/N-ethyl adjacent to an activating group) is 1. The van der Waals surface area contributed by atoms with Crippen LogP contribution in [0.15, 0.2) is 24.3 Å². The lowest BCUT2D eigenvalue weighted by molar-refractivity contribution is 0.182. The lowest BCUT2D eigenvalue weighted by Crippen LogP contribution is -2.34. The maximum absolute atomic E-state index is 9.88. The summed E-state index contributed by atoms with van der Waals surface area (Å²) in [5, 5.41) is 19.5. The van der Waals surface area contributed by atoms with Crippen LogP contribution >= 0.6 is 11.6 Å². The van der Waals surface area contributed by atoms with E-state index in [0.717, 1.165) is 49.3 Å². The Morgan fingerprint density at radius 3 is 2.71 bits per heavy atom. The molecule has 2 aliphatic heterocycles. The zero-order chi connectivity index (χ0) is 16.7. The second-order valence-corrected chi connectivity index (χ2v) is 7.24. The number of β-amino-alcohol motifs (C(OH)–C–C–N with tert-alkyl or cyclic N) is 1. The number of fused-ring (bicyclic) bond motifs is 1. The van der Waals surface area contributed by atoms with Crippen molar-refractivity contribution in [3.05, 3.63) is 46.5 Å². The lowest BCUT2D eigenvalue weighted by atomic mass is 10.1. The fraction of sp³-hybridized carbons (Fsp3) is 0.529. The fourth-order valence-electron chi connectivity index (χ4n) is 3.73. The van der Waals surface area contributed by atoms with E-state index in [1.54, 1.807) is 0 Å². The van der Waals surface area contributed by atoms with Gasteiger partial charge in [-0.05, 0) is 31.2 Å². The Kier molecular flexibility index (Phi) is 4.30. The van der Waals surface area contributed by atoms with E-state index in [1.165, 1.54) is 5.56 Å². The van der Waals surface area contributed by atoms with Crippen LogP contribution in [0, 0.1) is 0 Å². The maximum atomic E-state index is 9.88. The lowest BCUT2D eigenvalue weighted by Gasteiger charge is -2.29. The molecule has 2 aliphatic rings. The van der Waals surface area contributed by atoms with Crippen LogP contribution < -0.4 is 0 Å². The first-order valence-electron chi connectivity index (χ1n) is 8.37. The summed E-state index contributed by atoms with van der Waals surface area (Å²) in [6, 6.07) is 8.18. The number of hydrogen-bond donors (Lipinski definition) is 1. The third-order valence-electron chi connectivity index (χ3n) is 5.00. The SMILES string of the molecule is CN1C[C@H](O)C[C@H]1c1nnc2n1CCN(Cc1ccc(Cl)cc1)C2. The summed E-state index contributed by atoms with van der Waals surface area (Å²) in [6.07, 6.45) is 0.473. The van der Waals surface area contributed by atoms with Crippen molar-refractivity contribution in [2.75, 3.05) is 20.1 Å². The number of aliphatic hydroxyl groups is 1. The van der Waals surface area contributed by atoms with Gasteiger partial charge in [0.05, 0.1) is 18.7 Å². The van der Waals surface area contributed by atoms with Gasteiger partial charge in [-0.25, -0.2) is 0 Å². The second-order valence-electron chi connectivity index (χ2n) is 6.81. The Balaban J connectivity index is 1.47. The number of likely N-dealkylation sites (tertiary alicyclic amines) is 1. The van der Waals surface area contributed by atoms with Gasteiger partial charge in [0.15, 0.2) is 5.82 Å². The molecule has 0 unspecified atom stereocenters. The second kappa shape index (κ2) is 6.44. The molecule has 0 spiro atoms. The van der Waals surface area contributed by atoms with E-state index in [4.69, 9.17) is 11.6 Å². The van der Waals surface area contributed by atoms with E-state index >= 15 is 0 Å². The van der Waals surface area contributed by atoms with E-state index in [1.807, 2.05) is 19.2 Å². The highest BCUT2D eigenvalue weighted by molar-refractivity contribution is 6.30. The molecule has 0 aliphatic carbocycles. The molecular formula is C17H22ClN5O. The van der Waals surface area contributed by atoms with Crippen LogP contribution in [0.5, 0.6) is 0 Å². The molecule has 2 atom stereocenters. The molecule has 0 amide bonds. The largest absolute Gasteiger partial charge is 0.392 e. The molecule has 128 valence electrons. The van der Waals surface area contributed by atoms with Gasteiger partial charge in [0.1, 0.15) is 5.82 Å². The van der Waals surface area contributed by atoms with Gasteiger partial charge in [0.25, 0.3) is 0 Å². The van der Waals surface area contributed by atoms with Crippen molar-refractivity contribution in [1.82, 2.24) is 24.6 Å². The Morgan fingerprint density at radius 2 is 2.00 bits per heavy atom. The minimum Gasteiger partial charge on any atom is -0.392 e. The fourth-order valence-corrected chi connectivity index (χ4v) is 3.86. The van der Waals surface area contributed by atoms with Gasteiger partial charge < -0.3 is 9.67 Å². The minimum atomic E-state index is -0.266. The van der Waals surface area contributed by atoms with Crippen molar-refractivity contribution in [1.29, 1.82) is 0 Å². The summed E-state index contributed by atoms with van der Waals surface area (Å²) in [5.41, 5.74) is 1.26. The minimum absolute atomic E-state index is 0.170. The first kappa shape index (κ1) is 16.0. The van der Waals surface area contributed by atoms with E-state index in [0.29, 0.717) is 6.54 Å². The summed E-state index contributed by atoms with van der Waals surface area (Å²) in [4.78, 5) is 4.55. The predicted octanol–water partition coefficient (Wildman–Crippen LogP) is 1.68. The van der Waals surface area contributed by atoms with Crippen LogP contribution in [0.4, 0.5) is 0 Å². The van der Waals surface area contributed by atoms with Gasteiger partial charge in [-0.1, -0.05) is 23.7 Å². The summed E-state index contributed by atoms with van der Waals surface area (Å²) in [7, 11) is 2.04. The molecule has 1 aromatic carbocycles. The highest BCUT2D eigenvalue weighted by atomic mass is 35.5. The Labute approximate surface area is 146 Å². The van der Waals surface area contributed by atoms with E-state index in [-0.39, 0.29) is 12.1 Å². The molecule has 1 saturated heterocycles. The third-order valence-corrected chi connectivity index (χ3v) is 5.26. The molecule has 0 saturated carbocycles. The van der Waals surface area contributed by atoms with E-state index in [9.17, 15) is 5.11 Å². The predicted molar refractivity (Wildman–Crippen MR) is 91.6 cm³/mol. The molecule has 2 aromatic rings. The van der Waals surface area contributed by atoms with Crippen molar-refractivity contribution in [2.45, 2.75) is 38.2 Å². The van der Waals surface area contributed by atoms with Crippen LogP contribution in [-0.4, -0.2) is 55.9 Å². The molecule has 3 heterocycles. The average Bonchev–Trinajstić information content (AvgIpc) is 3.11. The Morgan fingerprint density at radius 1 is 1.21 bits per heavy atom. The molecule has 0 radical (unpaired) electrons. The molecule has 1 fully saturated rings. The molecule has 0 bridgehead atoms. The van der Waals surface area contributed by atoms with Crippen molar-refractivity contribution in [3.8, 4) is 0 Å². The van der Waals surface area contributed by atoms with Gasteiger partial charge in [-0.2, -0.15) is 0 Å². The number of aromatic nitrogens is 3. The third kappa shape index (κ3) is 3.07. The maximum Gasteiger partial charge on any atom is 0.150 e. The molecule has 1 aromatic heterocycles. The van der Waals surface area contributed by atoms with E-state index < -0.39 is 0 Å². The molecule has 6 nitrogen and oxygen atoms in total. The smallest absolute Gasteiger partial charge is 0.150 e. The first-order chi connectivity index (χ1) is 11.6. The van der Waals surface area contributed by atoms with Gasteiger partial charge in [-0.15, -0.1) is 10.2 Å². The van der Waals surface area contributed by atoms with Crippen LogP contribution in [0.25, 0.3) is 0 Å². The highest BCUT2D eigenvalue weighted by Gasteiger charge is 2.34. The van der Waals surface area contributed by atoms with Gasteiger partial charge in [0.2, 0.25) is 0 Å². The first-order valence-corrected chi connectivity index (χ1v) is 8.75. The number of benzene rings is 1. The average molecular weight is 348 g/mol. The number of hydrogen-bond acceptors (Lipinski definition) is 5. The van der Waals surface area contributed by atoms with Crippen LogP contribution in [0.2, 0.25) is 5.02 Å². The summed E-state index contributed by atoms with van der Waals surface area (Å²) in [5.74, 6) is 2.01. The van der Waals surface area contributed by atoms with Gasteiger partial charge >= 0.3 is 0 Å². The van der Waals surface area contributed by atoms with Crippen molar-refractivity contribution in [2.24, 2.45) is 0 Å². The zero-order valence-electron chi connectivity index (χ0n) is 13.8. The molecule has 4 rings (SSSR count).